The molecule has 0 radical (unpaired) electrons. The lowest BCUT2D eigenvalue weighted by Crippen LogP contribution is -2.37. The molecule has 1 fully saturated rings. The van der Waals surface area contributed by atoms with Gasteiger partial charge in [-0.05, 0) is 31.8 Å². The fourth-order valence-electron chi connectivity index (χ4n) is 1.39. The van der Waals surface area contributed by atoms with E-state index in [1.165, 1.54) is 0 Å². The number of piperidine rings is 1. The molecule has 0 aromatic rings. The molecule has 1 aliphatic heterocycles. The lowest BCUT2D eigenvalue weighted by Gasteiger charge is -2.26. The van der Waals surface area contributed by atoms with Crippen LogP contribution in [-0.4, -0.2) is 30.7 Å². The van der Waals surface area contributed by atoms with E-state index in [0.29, 0.717) is 12.8 Å². The van der Waals surface area contributed by atoms with Crippen LogP contribution in [-0.2, 0) is 0 Å². The van der Waals surface area contributed by atoms with Crippen LogP contribution in [0.4, 0.5) is 8.78 Å². The monoisotopic (exact) mass is 201 g/mol. The molecular weight excluding hydrogens is 188 g/mol. The fourth-order valence-corrected chi connectivity index (χ4v) is 1.39. The molecule has 0 bridgehead atoms. The number of aliphatic hydroxyl groups is 1. The van der Waals surface area contributed by atoms with Crippen LogP contribution in [0.3, 0.4) is 0 Å². The third kappa shape index (κ3) is 3.21. The second-order valence-electron chi connectivity index (χ2n) is 2.91. The van der Waals surface area contributed by atoms with Gasteiger partial charge in [-0.25, -0.2) is 8.78 Å². The summed E-state index contributed by atoms with van der Waals surface area (Å²) in [6.07, 6.45) is -2.69. The molecule has 0 amide bonds. The molecule has 12 heavy (non-hydrogen) atoms. The Kier molecular flexibility index (Phi) is 5.70. The van der Waals surface area contributed by atoms with E-state index >= 15 is 0 Å². The van der Waals surface area contributed by atoms with E-state index in [4.69, 9.17) is 5.11 Å². The summed E-state index contributed by atoms with van der Waals surface area (Å²) in [6.45, 7) is 1.49. The molecule has 0 spiro atoms. The first-order valence-electron chi connectivity index (χ1n) is 3.88. The summed E-state index contributed by atoms with van der Waals surface area (Å²) in [5, 5.41) is 12.0. The van der Waals surface area contributed by atoms with Gasteiger partial charge in [-0.3, -0.25) is 0 Å². The molecule has 1 rings (SSSR count). The smallest absolute Gasteiger partial charge is 0.264 e. The number of rotatable bonds is 2. The van der Waals surface area contributed by atoms with Crippen molar-refractivity contribution in [2.24, 2.45) is 5.92 Å². The van der Waals surface area contributed by atoms with Gasteiger partial charge in [0.25, 0.3) is 6.43 Å². The minimum atomic E-state index is -2.59. The van der Waals surface area contributed by atoms with Crippen LogP contribution in [0.2, 0.25) is 0 Å². The SMILES string of the molecule is Cl.OC(C(F)F)C1CCNCC1. The van der Waals surface area contributed by atoms with E-state index in [1.54, 1.807) is 0 Å². The van der Waals surface area contributed by atoms with Gasteiger partial charge in [-0.1, -0.05) is 0 Å². The van der Waals surface area contributed by atoms with E-state index in [2.05, 4.69) is 5.32 Å². The van der Waals surface area contributed by atoms with Crippen LogP contribution in [0, 0.1) is 5.92 Å². The first-order valence-corrected chi connectivity index (χ1v) is 3.88. The molecule has 0 aromatic carbocycles. The molecule has 0 saturated carbocycles. The zero-order chi connectivity index (χ0) is 8.27. The summed E-state index contributed by atoms with van der Waals surface area (Å²) in [4.78, 5) is 0. The predicted molar refractivity (Wildman–Crippen MR) is 44.9 cm³/mol. The first-order chi connectivity index (χ1) is 5.22. The zero-order valence-electron chi connectivity index (χ0n) is 6.67. The molecule has 1 atom stereocenters. The summed E-state index contributed by atoms with van der Waals surface area (Å²) in [5.41, 5.74) is 0. The highest BCUT2D eigenvalue weighted by Gasteiger charge is 2.28. The molecule has 1 aliphatic rings. The molecule has 1 saturated heterocycles. The highest BCUT2D eigenvalue weighted by molar-refractivity contribution is 5.85. The number of halogens is 3. The molecule has 0 aliphatic carbocycles. The van der Waals surface area contributed by atoms with Gasteiger partial charge in [0.15, 0.2) is 0 Å². The van der Waals surface area contributed by atoms with Crippen molar-refractivity contribution in [1.82, 2.24) is 5.32 Å². The highest BCUT2D eigenvalue weighted by Crippen LogP contribution is 2.20. The summed E-state index contributed by atoms with van der Waals surface area (Å²) in [5.74, 6) is -0.212. The van der Waals surface area contributed by atoms with Crippen molar-refractivity contribution in [3.05, 3.63) is 0 Å². The maximum Gasteiger partial charge on any atom is 0.264 e. The van der Waals surface area contributed by atoms with Crippen LogP contribution >= 0.6 is 12.4 Å². The Bertz CT molecular complexity index is 120. The lowest BCUT2D eigenvalue weighted by atomic mass is 9.92. The van der Waals surface area contributed by atoms with Gasteiger partial charge in [0, 0.05) is 0 Å². The summed E-state index contributed by atoms with van der Waals surface area (Å²) >= 11 is 0. The minimum absolute atomic E-state index is 0. The lowest BCUT2D eigenvalue weighted by molar-refractivity contribution is -0.0455. The Balaban J connectivity index is 0.00000121. The maximum absolute atomic E-state index is 11.9. The second kappa shape index (κ2) is 5.67. The van der Waals surface area contributed by atoms with E-state index < -0.39 is 12.5 Å². The van der Waals surface area contributed by atoms with Crippen molar-refractivity contribution in [2.75, 3.05) is 13.1 Å². The number of alkyl halides is 2. The molecule has 0 aromatic heterocycles. The standard InChI is InChI=1S/C7H13F2NO.ClH/c8-7(9)6(11)5-1-3-10-4-2-5;/h5-7,10-11H,1-4H2;1H. The Morgan fingerprint density at radius 1 is 1.25 bits per heavy atom. The van der Waals surface area contributed by atoms with Gasteiger partial charge in [0.2, 0.25) is 0 Å². The fraction of sp³-hybridized carbons (Fsp3) is 1.00. The quantitative estimate of drug-likeness (QED) is 0.700. The molecule has 2 N–H and O–H groups in total. The molecule has 1 heterocycles. The van der Waals surface area contributed by atoms with Gasteiger partial charge in [-0.2, -0.15) is 0 Å². The van der Waals surface area contributed by atoms with E-state index in [1.807, 2.05) is 0 Å². The number of nitrogens with one attached hydrogen (secondary N) is 1. The zero-order valence-corrected chi connectivity index (χ0v) is 7.49. The summed E-state index contributed by atoms with van der Waals surface area (Å²) in [7, 11) is 0. The number of aliphatic hydroxyl groups excluding tert-OH is 1. The summed E-state index contributed by atoms with van der Waals surface area (Å²) in [6, 6.07) is 0. The van der Waals surface area contributed by atoms with Crippen LogP contribution < -0.4 is 5.32 Å². The van der Waals surface area contributed by atoms with Crippen molar-refractivity contribution in [1.29, 1.82) is 0 Å². The Morgan fingerprint density at radius 3 is 2.17 bits per heavy atom. The predicted octanol–water partition coefficient (Wildman–Crippen LogP) is 1.03. The topological polar surface area (TPSA) is 32.3 Å². The minimum Gasteiger partial charge on any atom is -0.387 e. The normalized spacial score (nSPS) is 22.0. The average molecular weight is 202 g/mol. The maximum atomic E-state index is 11.9. The average Bonchev–Trinajstić information content (AvgIpc) is 2.05. The van der Waals surface area contributed by atoms with E-state index in [9.17, 15) is 8.78 Å². The number of hydrogen-bond acceptors (Lipinski definition) is 2. The van der Waals surface area contributed by atoms with Crippen molar-refractivity contribution >= 4 is 12.4 Å². The Morgan fingerprint density at radius 2 is 1.75 bits per heavy atom. The van der Waals surface area contributed by atoms with E-state index in [-0.39, 0.29) is 18.3 Å². The Hall–Kier alpha value is 0.0700. The van der Waals surface area contributed by atoms with Crippen molar-refractivity contribution in [3.8, 4) is 0 Å². The van der Waals surface area contributed by atoms with Gasteiger partial charge in [0.1, 0.15) is 6.10 Å². The van der Waals surface area contributed by atoms with Gasteiger partial charge in [0.05, 0.1) is 0 Å². The van der Waals surface area contributed by atoms with Crippen LogP contribution in [0.1, 0.15) is 12.8 Å². The van der Waals surface area contributed by atoms with Crippen molar-refractivity contribution < 1.29 is 13.9 Å². The first kappa shape index (κ1) is 12.1. The molecular formula is C7H14ClF2NO. The van der Waals surface area contributed by atoms with Crippen LogP contribution in [0.25, 0.3) is 0 Å². The highest BCUT2D eigenvalue weighted by atomic mass is 35.5. The van der Waals surface area contributed by atoms with Crippen LogP contribution in [0.15, 0.2) is 0 Å². The molecule has 1 unspecified atom stereocenters. The third-order valence-corrected chi connectivity index (χ3v) is 2.12. The van der Waals surface area contributed by atoms with Gasteiger partial charge < -0.3 is 10.4 Å². The van der Waals surface area contributed by atoms with Crippen LogP contribution in [0.5, 0.6) is 0 Å². The largest absolute Gasteiger partial charge is 0.387 e. The van der Waals surface area contributed by atoms with Crippen molar-refractivity contribution in [2.45, 2.75) is 25.4 Å². The van der Waals surface area contributed by atoms with Crippen molar-refractivity contribution in [3.63, 3.8) is 0 Å². The van der Waals surface area contributed by atoms with E-state index in [0.717, 1.165) is 13.1 Å². The molecule has 2 nitrogen and oxygen atoms in total. The second-order valence-corrected chi connectivity index (χ2v) is 2.91. The van der Waals surface area contributed by atoms with Gasteiger partial charge >= 0.3 is 0 Å². The number of hydrogen-bond donors (Lipinski definition) is 2. The Labute approximate surface area is 76.8 Å². The third-order valence-electron chi connectivity index (χ3n) is 2.12. The molecule has 74 valence electrons. The molecule has 5 heteroatoms. The van der Waals surface area contributed by atoms with Gasteiger partial charge in [-0.15, -0.1) is 12.4 Å². The summed E-state index contributed by atoms with van der Waals surface area (Å²) < 4.78 is 23.9.